The van der Waals surface area contributed by atoms with Gasteiger partial charge >= 0.3 is 0 Å². The predicted octanol–water partition coefficient (Wildman–Crippen LogP) is 3.23. The van der Waals surface area contributed by atoms with Gasteiger partial charge in [-0.1, -0.05) is 30.3 Å². The Hall–Kier alpha value is -4.27. The van der Waals surface area contributed by atoms with Gasteiger partial charge in [0.2, 0.25) is 5.95 Å². The summed E-state index contributed by atoms with van der Waals surface area (Å²) >= 11 is 0. The molecule has 0 amide bonds. The molecule has 35 heavy (non-hydrogen) atoms. The summed E-state index contributed by atoms with van der Waals surface area (Å²) in [4.78, 5) is 18.6. The molecule has 1 saturated heterocycles. The molecule has 9 nitrogen and oxygen atoms in total. The van der Waals surface area contributed by atoms with Gasteiger partial charge in [-0.3, -0.25) is 4.68 Å². The van der Waals surface area contributed by atoms with Crippen molar-refractivity contribution in [2.24, 2.45) is 7.05 Å². The molecule has 0 atom stereocenters. The number of aryl methyl sites for hydroxylation is 1. The monoisotopic (exact) mass is 465 g/mol. The number of nitrogens with zero attached hydrogens (tertiary/aromatic N) is 9. The molecule has 0 N–H and O–H groups in total. The quantitative estimate of drug-likeness (QED) is 0.394. The number of fused-ring (bicyclic) bond motifs is 1. The van der Waals surface area contributed by atoms with Crippen molar-refractivity contribution in [3.8, 4) is 11.1 Å². The molecule has 6 rings (SSSR count). The molecule has 0 saturated carbocycles. The molecular weight excluding hydrogens is 438 g/mol. The van der Waals surface area contributed by atoms with Crippen LogP contribution in [0.3, 0.4) is 0 Å². The SMILES string of the molecule is Cn1cc(-c2cnn3c(N4CCCN(c5ncc(Cc6ccccc6)cn5)CC4)cnc3c2)cn1. The summed E-state index contributed by atoms with van der Waals surface area (Å²) in [5.41, 5.74) is 5.27. The smallest absolute Gasteiger partial charge is 0.225 e. The maximum absolute atomic E-state index is 4.69. The summed E-state index contributed by atoms with van der Waals surface area (Å²) in [5, 5.41) is 8.95. The second-order valence-electron chi connectivity index (χ2n) is 8.91. The summed E-state index contributed by atoms with van der Waals surface area (Å²) in [6.07, 6.45) is 13.4. The van der Waals surface area contributed by atoms with E-state index in [0.29, 0.717) is 0 Å². The van der Waals surface area contributed by atoms with Crippen LogP contribution < -0.4 is 9.80 Å². The Kier molecular flexibility index (Phi) is 5.57. The van der Waals surface area contributed by atoms with E-state index < -0.39 is 0 Å². The molecule has 176 valence electrons. The average Bonchev–Trinajstić information content (AvgIpc) is 3.44. The van der Waals surface area contributed by atoms with Crippen molar-refractivity contribution in [2.75, 3.05) is 36.0 Å². The Balaban J connectivity index is 1.15. The van der Waals surface area contributed by atoms with Crippen LogP contribution in [0.15, 0.2) is 73.6 Å². The Morgan fingerprint density at radius 1 is 0.743 bits per heavy atom. The fraction of sp³-hybridized carbons (Fsp3) is 0.269. The molecule has 0 spiro atoms. The highest BCUT2D eigenvalue weighted by Gasteiger charge is 2.20. The molecule has 5 aromatic rings. The largest absolute Gasteiger partial charge is 0.353 e. The number of imidazole rings is 1. The zero-order valence-corrected chi connectivity index (χ0v) is 19.7. The van der Waals surface area contributed by atoms with Crippen molar-refractivity contribution in [1.29, 1.82) is 0 Å². The van der Waals surface area contributed by atoms with Crippen LogP contribution in [0.4, 0.5) is 11.8 Å². The van der Waals surface area contributed by atoms with E-state index in [9.17, 15) is 0 Å². The van der Waals surface area contributed by atoms with E-state index in [4.69, 9.17) is 5.10 Å². The molecule has 0 aliphatic carbocycles. The molecule has 0 unspecified atom stereocenters. The van der Waals surface area contributed by atoms with Crippen LogP contribution in [0.5, 0.6) is 0 Å². The van der Waals surface area contributed by atoms with Crippen LogP contribution >= 0.6 is 0 Å². The van der Waals surface area contributed by atoms with E-state index in [1.54, 1.807) is 4.68 Å². The standard InChI is InChI=1S/C26H27N9/c1-32-19-23(17-30-32)22-13-24-27-18-25(35(24)31-16-22)33-8-5-9-34(11-10-33)26-28-14-21(15-29-26)12-20-6-3-2-4-7-20/h2-4,6-7,13-19H,5,8-12H2,1H3. The summed E-state index contributed by atoms with van der Waals surface area (Å²) in [5.74, 6) is 1.81. The summed E-state index contributed by atoms with van der Waals surface area (Å²) in [7, 11) is 1.91. The third-order valence-corrected chi connectivity index (χ3v) is 6.43. The van der Waals surface area contributed by atoms with Gasteiger partial charge in [0.15, 0.2) is 11.5 Å². The fourth-order valence-corrected chi connectivity index (χ4v) is 4.59. The highest BCUT2D eigenvalue weighted by Crippen LogP contribution is 2.23. The van der Waals surface area contributed by atoms with Gasteiger partial charge in [-0.2, -0.15) is 14.7 Å². The highest BCUT2D eigenvalue weighted by molar-refractivity contribution is 5.66. The van der Waals surface area contributed by atoms with E-state index in [0.717, 1.165) is 73.1 Å². The first kappa shape index (κ1) is 21.3. The first-order valence-electron chi connectivity index (χ1n) is 11.9. The number of hydrogen-bond donors (Lipinski definition) is 0. The van der Waals surface area contributed by atoms with Gasteiger partial charge in [-0.25, -0.2) is 15.0 Å². The maximum atomic E-state index is 4.69. The molecule has 1 aliphatic rings. The Morgan fingerprint density at radius 2 is 1.51 bits per heavy atom. The Labute approximate surface area is 203 Å². The van der Waals surface area contributed by atoms with Gasteiger partial charge in [-0.05, 0) is 23.6 Å². The Morgan fingerprint density at radius 3 is 2.31 bits per heavy atom. The Bertz CT molecular complexity index is 1420. The molecular formula is C26H27N9. The number of rotatable bonds is 5. The van der Waals surface area contributed by atoms with Gasteiger partial charge in [0.05, 0.1) is 18.6 Å². The van der Waals surface area contributed by atoms with Crippen molar-refractivity contribution in [1.82, 2.24) is 34.3 Å². The van der Waals surface area contributed by atoms with E-state index in [-0.39, 0.29) is 0 Å². The maximum Gasteiger partial charge on any atom is 0.225 e. The third-order valence-electron chi connectivity index (χ3n) is 6.43. The first-order chi connectivity index (χ1) is 17.2. The second-order valence-corrected chi connectivity index (χ2v) is 8.91. The first-order valence-corrected chi connectivity index (χ1v) is 11.9. The molecule has 0 radical (unpaired) electrons. The van der Waals surface area contributed by atoms with Gasteiger partial charge in [0.25, 0.3) is 0 Å². The normalized spacial score (nSPS) is 14.4. The lowest BCUT2D eigenvalue weighted by Gasteiger charge is -2.22. The molecule has 0 bridgehead atoms. The van der Waals surface area contributed by atoms with Gasteiger partial charge in [0, 0.05) is 69.4 Å². The lowest BCUT2D eigenvalue weighted by atomic mass is 10.1. The lowest BCUT2D eigenvalue weighted by Crippen LogP contribution is -2.32. The third kappa shape index (κ3) is 4.44. The molecule has 4 aromatic heterocycles. The molecule has 5 heterocycles. The van der Waals surface area contributed by atoms with Crippen molar-refractivity contribution in [3.63, 3.8) is 0 Å². The van der Waals surface area contributed by atoms with Crippen LogP contribution in [-0.4, -0.2) is 60.5 Å². The predicted molar refractivity (Wildman–Crippen MR) is 136 cm³/mol. The van der Waals surface area contributed by atoms with Crippen molar-refractivity contribution < 1.29 is 0 Å². The lowest BCUT2D eigenvalue weighted by molar-refractivity contribution is 0.768. The topological polar surface area (TPSA) is 80.3 Å². The van der Waals surface area contributed by atoms with E-state index in [1.165, 1.54) is 5.56 Å². The van der Waals surface area contributed by atoms with Crippen LogP contribution in [0.25, 0.3) is 16.8 Å². The van der Waals surface area contributed by atoms with Crippen molar-refractivity contribution in [3.05, 3.63) is 84.7 Å². The van der Waals surface area contributed by atoms with Gasteiger partial charge in [0.1, 0.15) is 0 Å². The minimum atomic E-state index is 0.793. The number of anilines is 2. The molecule has 1 aromatic carbocycles. The van der Waals surface area contributed by atoms with Crippen molar-refractivity contribution >= 4 is 17.4 Å². The van der Waals surface area contributed by atoms with Crippen LogP contribution in [0.2, 0.25) is 0 Å². The zero-order valence-electron chi connectivity index (χ0n) is 19.7. The van der Waals surface area contributed by atoms with Crippen LogP contribution in [0, 0.1) is 0 Å². The van der Waals surface area contributed by atoms with Gasteiger partial charge < -0.3 is 9.80 Å². The number of hydrogen-bond acceptors (Lipinski definition) is 7. The summed E-state index contributed by atoms with van der Waals surface area (Å²) < 4.78 is 3.71. The minimum Gasteiger partial charge on any atom is -0.353 e. The zero-order chi connectivity index (χ0) is 23.6. The average molecular weight is 466 g/mol. The van der Waals surface area contributed by atoms with Crippen LogP contribution in [-0.2, 0) is 13.5 Å². The molecule has 1 fully saturated rings. The summed E-state index contributed by atoms with van der Waals surface area (Å²) in [6.45, 7) is 3.56. The number of benzene rings is 1. The minimum absolute atomic E-state index is 0.793. The fourth-order valence-electron chi connectivity index (χ4n) is 4.59. The van der Waals surface area contributed by atoms with Crippen molar-refractivity contribution in [2.45, 2.75) is 12.8 Å². The number of aromatic nitrogens is 7. The second kappa shape index (κ2) is 9.17. The highest BCUT2D eigenvalue weighted by atomic mass is 15.4. The van der Waals surface area contributed by atoms with Gasteiger partial charge in [-0.15, -0.1) is 0 Å². The molecule has 1 aliphatic heterocycles. The summed E-state index contributed by atoms with van der Waals surface area (Å²) in [6, 6.07) is 12.5. The van der Waals surface area contributed by atoms with E-state index >= 15 is 0 Å². The van der Waals surface area contributed by atoms with Crippen LogP contribution in [0.1, 0.15) is 17.5 Å². The van der Waals surface area contributed by atoms with E-state index in [1.807, 2.05) is 54.8 Å². The van der Waals surface area contributed by atoms with E-state index in [2.05, 4.69) is 60.2 Å². The molecule has 9 heteroatoms.